The molecule has 1 aromatic carbocycles. The van der Waals surface area contributed by atoms with Gasteiger partial charge in [0.2, 0.25) is 0 Å². The summed E-state index contributed by atoms with van der Waals surface area (Å²) in [5.41, 5.74) is 2.97. The van der Waals surface area contributed by atoms with Gasteiger partial charge in [-0.2, -0.15) is 0 Å². The van der Waals surface area contributed by atoms with E-state index in [-0.39, 0.29) is 0 Å². The van der Waals surface area contributed by atoms with Crippen LogP contribution in [0.2, 0.25) is 0 Å². The van der Waals surface area contributed by atoms with Gasteiger partial charge in [0.1, 0.15) is 0 Å². The lowest BCUT2D eigenvalue weighted by molar-refractivity contribution is 0.231. The molecule has 0 radical (unpaired) electrons. The smallest absolute Gasteiger partial charge is 0.0367 e. The van der Waals surface area contributed by atoms with Crippen molar-refractivity contribution in [3.8, 4) is 0 Å². The molecule has 0 bridgehead atoms. The Morgan fingerprint density at radius 1 is 0.955 bits per heavy atom. The second-order valence-electron chi connectivity index (χ2n) is 7.25. The summed E-state index contributed by atoms with van der Waals surface area (Å²) in [5.74, 6) is 0.751. The zero-order valence-electron chi connectivity index (χ0n) is 13.9. The van der Waals surface area contributed by atoms with Gasteiger partial charge in [-0.3, -0.25) is 4.90 Å². The fourth-order valence-electron chi connectivity index (χ4n) is 4.57. The molecule has 3 aliphatic heterocycles. The maximum absolute atomic E-state index is 2.68. The van der Waals surface area contributed by atoms with E-state index in [4.69, 9.17) is 0 Å². The van der Waals surface area contributed by atoms with E-state index in [1.54, 1.807) is 5.56 Å². The van der Waals surface area contributed by atoms with Gasteiger partial charge in [-0.25, -0.2) is 0 Å². The standard InChI is InChI=1S/C19H29N3/c1-2-20-11-9-17(14-20)16-5-7-18(8-6-16)22-13-12-21-10-3-4-19(21)15-22/h5-8,17,19H,2-4,9-15H2,1H3. The summed E-state index contributed by atoms with van der Waals surface area (Å²) < 4.78 is 0. The van der Waals surface area contributed by atoms with Crippen molar-refractivity contribution in [3.63, 3.8) is 0 Å². The molecule has 3 fully saturated rings. The van der Waals surface area contributed by atoms with Crippen LogP contribution in [-0.2, 0) is 0 Å². The first kappa shape index (κ1) is 14.5. The summed E-state index contributed by atoms with van der Waals surface area (Å²) in [7, 11) is 0. The Morgan fingerprint density at radius 3 is 2.59 bits per heavy atom. The molecule has 4 rings (SSSR count). The number of fused-ring (bicyclic) bond motifs is 1. The van der Waals surface area contributed by atoms with Crippen molar-refractivity contribution in [2.75, 3.05) is 50.7 Å². The van der Waals surface area contributed by atoms with Gasteiger partial charge in [-0.15, -0.1) is 0 Å². The van der Waals surface area contributed by atoms with Gasteiger partial charge >= 0.3 is 0 Å². The monoisotopic (exact) mass is 299 g/mol. The number of likely N-dealkylation sites (tertiary alicyclic amines) is 1. The van der Waals surface area contributed by atoms with Crippen LogP contribution in [0.4, 0.5) is 5.69 Å². The second kappa shape index (κ2) is 6.21. The molecule has 3 nitrogen and oxygen atoms in total. The van der Waals surface area contributed by atoms with Crippen LogP contribution < -0.4 is 4.90 Å². The molecular weight excluding hydrogens is 270 g/mol. The molecule has 0 N–H and O–H groups in total. The molecule has 120 valence electrons. The SMILES string of the molecule is CCN1CCC(c2ccc(N3CCN4CCCC4C3)cc2)C1. The third-order valence-electron chi connectivity index (χ3n) is 6.04. The Balaban J connectivity index is 1.41. The molecule has 0 aliphatic carbocycles. The van der Waals surface area contributed by atoms with Crippen LogP contribution in [0.3, 0.4) is 0 Å². The van der Waals surface area contributed by atoms with Gasteiger partial charge in [0.25, 0.3) is 0 Å². The molecule has 0 spiro atoms. The van der Waals surface area contributed by atoms with Crippen molar-refractivity contribution >= 4 is 5.69 Å². The molecular formula is C19H29N3. The molecule has 22 heavy (non-hydrogen) atoms. The van der Waals surface area contributed by atoms with Crippen LogP contribution in [0.5, 0.6) is 0 Å². The zero-order valence-corrected chi connectivity index (χ0v) is 13.9. The molecule has 3 heteroatoms. The van der Waals surface area contributed by atoms with E-state index in [2.05, 4.69) is 45.9 Å². The minimum absolute atomic E-state index is 0.751. The Labute approximate surface area is 134 Å². The Bertz CT molecular complexity index is 498. The molecule has 3 aliphatic rings. The van der Waals surface area contributed by atoms with Crippen LogP contribution in [-0.4, -0.2) is 61.7 Å². The maximum atomic E-state index is 2.68. The van der Waals surface area contributed by atoms with Crippen molar-refractivity contribution in [3.05, 3.63) is 29.8 Å². The number of likely N-dealkylation sites (N-methyl/N-ethyl adjacent to an activating group) is 1. The van der Waals surface area contributed by atoms with Crippen LogP contribution in [0, 0.1) is 0 Å². The van der Waals surface area contributed by atoms with Crippen LogP contribution >= 0.6 is 0 Å². The van der Waals surface area contributed by atoms with Crippen LogP contribution in [0.15, 0.2) is 24.3 Å². The summed E-state index contributed by atoms with van der Waals surface area (Å²) in [5, 5.41) is 0. The number of rotatable bonds is 3. The third kappa shape index (κ3) is 2.77. The lowest BCUT2D eigenvalue weighted by Gasteiger charge is -2.39. The fraction of sp³-hybridized carbons (Fsp3) is 0.684. The van der Waals surface area contributed by atoms with Crippen LogP contribution in [0.25, 0.3) is 0 Å². The number of nitrogens with zero attached hydrogens (tertiary/aromatic N) is 3. The first-order valence-electron chi connectivity index (χ1n) is 9.15. The minimum Gasteiger partial charge on any atom is -0.369 e. The Morgan fingerprint density at radius 2 is 1.82 bits per heavy atom. The fourth-order valence-corrected chi connectivity index (χ4v) is 4.57. The van der Waals surface area contributed by atoms with Crippen LogP contribution in [0.1, 0.15) is 37.7 Å². The van der Waals surface area contributed by atoms with E-state index in [9.17, 15) is 0 Å². The molecule has 0 saturated carbocycles. The summed E-state index contributed by atoms with van der Waals surface area (Å²) in [6.45, 7) is 11.0. The normalized spacial score (nSPS) is 30.0. The molecule has 0 amide bonds. The first-order valence-corrected chi connectivity index (χ1v) is 9.15. The van der Waals surface area contributed by atoms with E-state index >= 15 is 0 Å². The molecule has 3 heterocycles. The lowest BCUT2D eigenvalue weighted by Crippen LogP contribution is -2.50. The van der Waals surface area contributed by atoms with Gasteiger partial charge in [-0.05, 0) is 62.5 Å². The second-order valence-corrected chi connectivity index (χ2v) is 7.25. The van der Waals surface area contributed by atoms with E-state index in [1.165, 1.54) is 70.8 Å². The topological polar surface area (TPSA) is 9.72 Å². The predicted molar refractivity (Wildman–Crippen MR) is 92.7 cm³/mol. The van der Waals surface area contributed by atoms with Crippen molar-refractivity contribution in [2.45, 2.75) is 38.1 Å². The van der Waals surface area contributed by atoms with E-state index in [0.29, 0.717) is 0 Å². The molecule has 0 aromatic heterocycles. The number of piperazine rings is 1. The number of hydrogen-bond donors (Lipinski definition) is 0. The largest absolute Gasteiger partial charge is 0.369 e. The number of hydrogen-bond acceptors (Lipinski definition) is 3. The highest BCUT2D eigenvalue weighted by Gasteiger charge is 2.30. The van der Waals surface area contributed by atoms with Gasteiger partial charge in [-0.1, -0.05) is 19.1 Å². The van der Waals surface area contributed by atoms with Crippen molar-refractivity contribution in [2.24, 2.45) is 0 Å². The average molecular weight is 299 g/mol. The highest BCUT2D eigenvalue weighted by Crippen LogP contribution is 2.30. The van der Waals surface area contributed by atoms with Gasteiger partial charge in [0.15, 0.2) is 0 Å². The minimum atomic E-state index is 0.751. The zero-order chi connectivity index (χ0) is 14.9. The average Bonchev–Trinajstić information content (AvgIpc) is 3.23. The molecule has 2 atom stereocenters. The molecule has 1 aromatic rings. The van der Waals surface area contributed by atoms with Crippen molar-refractivity contribution in [1.82, 2.24) is 9.80 Å². The molecule has 2 unspecified atom stereocenters. The summed E-state index contributed by atoms with van der Waals surface area (Å²) >= 11 is 0. The Kier molecular flexibility index (Phi) is 4.10. The molecule has 3 saturated heterocycles. The summed E-state index contributed by atoms with van der Waals surface area (Å²) in [6.07, 6.45) is 4.12. The quantitative estimate of drug-likeness (QED) is 0.850. The first-order chi connectivity index (χ1) is 10.8. The van der Waals surface area contributed by atoms with Gasteiger partial charge < -0.3 is 9.80 Å². The summed E-state index contributed by atoms with van der Waals surface area (Å²) in [6, 6.07) is 10.3. The van der Waals surface area contributed by atoms with Gasteiger partial charge in [0.05, 0.1) is 0 Å². The number of benzene rings is 1. The highest BCUT2D eigenvalue weighted by molar-refractivity contribution is 5.49. The predicted octanol–water partition coefficient (Wildman–Crippen LogP) is 2.78. The van der Waals surface area contributed by atoms with Gasteiger partial charge in [0, 0.05) is 37.9 Å². The highest BCUT2D eigenvalue weighted by atomic mass is 15.3. The summed E-state index contributed by atoms with van der Waals surface area (Å²) in [4.78, 5) is 7.85. The van der Waals surface area contributed by atoms with Crippen molar-refractivity contribution in [1.29, 1.82) is 0 Å². The third-order valence-corrected chi connectivity index (χ3v) is 6.04. The number of anilines is 1. The Hall–Kier alpha value is -1.06. The van der Waals surface area contributed by atoms with E-state index in [0.717, 1.165) is 12.0 Å². The van der Waals surface area contributed by atoms with Crippen molar-refractivity contribution < 1.29 is 0 Å². The lowest BCUT2D eigenvalue weighted by atomic mass is 9.98. The maximum Gasteiger partial charge on any atom is 0.0367 e. The van der Waals surface area contributed by atoms with E-state index < -0.39 is 0 Å². The van der Waals surface area contributed by atoms with E-state index in [1.807, 2.05) is 0 Å².